The highest BCUT2D eigenvalue weighted by Crippen LogP contribution is 2.26. The van der Waals surface area contributed by atoms with Crippen molar-refractivity contribution in [3.63, 3.8) is 0 Å². The van der Waals surface area contributed by atoms with Crippen LogP contribution in [-0.4, -0.2) is 40.5 Å². The zero-order valence-corrected chi connectivity index (χ0v) is 13.2. The van der Waals surface area contributed by atoms with Gasteiger partial charge in [0.05, 0.1) is 34.4 Å². The number of morpholine rings is 1. The fourth-order valence-electron chi connectivity index (χ4n) is 2.83. The molecule has 6 heteroatoms. The van der Waals surface area contributed by atoms with E-state index < -0.39 is 0 Å². The van der Waals surface area contributed by atoms with Crippen molar-refractivity contribution in [3.05, 3.63) is 59.4 Å². The van der Waals surface area contributed by atoms with Crippen LogP contribution in [0.2, 0.25) is 0 Å². The molecule has 5 nitrogen and oxygen atoms in total. The van der Waals surface area contributed by atoms with Gasteiger partial charge in [0.2, 0.25) is 0 Å². The van der Waals surface area contributed by atoms with Gasteiger partial charge in [-0.2, -0.15) is 0 Å². The van der Waals surface area contributed by atoms with Crippen molar-refractivity contribution in [2.24, 2.45) is 0 Å². The Morgan fingerprint density at radius 2 is 2.26 bits per heavy atom. The van der Waals surface area contributed by atoms with Gasteiger partial charge >= 0.3 is 0 Å². The minimum Gasteiger partial charge on any atom is -0.370 e. The average Bonchev–Trinajstić information content (AvgIpc) is 3.11. The summed E-state index contributed by atoms with van der Waals surface area (Å²) in [4.78, 5) is 23.2. The number of rotatable bonds is 2. The number of amides is 1. The summed E-state index contributed by atoms with van der Waals surface area (Å²) in [5, 5.41) is 0. The topological polar surface area (TPSA) is 55.3 Å². The zero-order chi connectivity index (χ0) is 15.6. The van der Waals surface area contributed by atoms with Crippen LogP contribution in [0.15, 0.2) is 48.2 Å². The fourth-order valence-corrected chi connectivity index (χ4v) is 3.62. The summed E-state index contributed by atoms with van der Waals surface area (Å²) in [6, 6.07) is 9.55. The van der Waals surface area contributed by atoms with E-state index in [2.05, 4.69) is 9.97 Å². The van der Waals surface area contributed by atoms with Crippen molar-refractivity contribution in [2.75, 3.05) is 19.7 Å². The summed E-state index contributed by atoms with van der Waals surface area (Å²) in [6.07, 6.45) is 3.41. The third kappa shape index (κ3) is 2.71. The van der Waals surface area contributed by atoms with Crippen LogP contribution in [0.25, 0.3) is 10.2 Å². The fraction of sp³-hybridized carbons (Fsp3) is 0.235. The quantitative estimate of drug-likeness (QED) is 0.727. The molecule has 4 rings (SSSR count). The molecule has 3 heterocycles. The molecule has 0 N–H and O–H groups in total. The lowest BCUT2D eigenvalue weighted by molar-refractivity contribution is -0.0228. The maximum absolute atomic E-state index is 12.9. The summed E-state index contributed by atoms with van der Waals surface area (Å²) in [5.74, 6) is 0.0389. The summed E-state index contributed by atoms with van der Waals surface area (Å²) < 4.78 is 6.76. The first-order chi connectivity index (χ1) is 11.3. The van der Waals surface area contributed by atoms with Gasteiger partial charge in [0.15, 0.2) is 0 Å². The minimum atomic E-state index is -0.123. The zero-order valence-electron chi connectivity index (χ0n) is 12.4. The largest absolute Gasteiger partial charge is 0.370 e. The van der Waals surface area contributed by atoms with Gasteiger partial charge in [0, 0.05) is 24.5 Å². The molecule has 1 aromatic carbocycles. The third-order valence-electron chi connectivity index (χ3n) is 4.00. The molecule has 2 aromatic heterocycles. The molecule has 1 fully saturated rings. The van der Waals surface area contributed by atoms with Crippen LogP contribution in [-0.2, 0) is 4.74 Å². The number of nitrogens with zero attached hydrogens (tertiary/aromatic N) is 3. The van der Waals surface area contributed by atoms with Crippen LogP contribution < -0.4 is 0 Å². The van der Waals surface area contributed by atoms with E-state index in [0.717, 1.165) is 21.3 Å². The molecular formula is C17H15N3O2S. The molecule has 0 radical (unpaired) electrons. The van der Waals surface area contributed by atoms with Gasteiger partial charge in [0.25, 0.3) is 5.91 Å². The first-order valence-corrected chi connectivity index (χ1v) is 8.34. The van der Waals surface area contributed by atoms with E-state index in [9.17, 15) is 4.79 Å². The lowest BCUT2D eigenvalue weighted by Gasteiger charge is -2.33. The standard InChI is InChI=1S/C17H15N3O2S/c21-17(13-4-1-5-14-16(13)23-11-19-14)20-7-8-22-15(10-20)12-3-2-6-18-9-12/h1-6,9,11,15H,7-8,10H2. The molecule has 1 aliphatic heterocycles. The number of pyridine rings is 1. The molecule has 23 heavy (non-hydrogen) atoms. The predicted molar refractivity (Wildman–Crippen MR) is 88.5 cm³/mol. The molecule has 0 spiro atoms. The Kier molecular flexibility index (Phi) is 3.77. The van der Waals surface area contributed by atoms with Crippen molar-refractivity contribution >= 4 is 27.5 Å². The highest BCUT2D eigenvalue weighted by molar-refractivity contribution is 7.17. The predicted octanol–water partition coefficient (Wildman–Crippen LogP) is 2.91. The molecule has 1 amide bonds. The number of fused-ring (bicyclic) bond motifs is 1. The third-order valence-corrected chi connectivity index (χ3v) is 4.87. The Morgan fingerprint density at radius 1 is 1.30 bits per heavy atom. The van der Waals surface area contributed by atoms with Crippen molar-refractivity contribution in [1.29, 1.82) is 0 Å². The second-order valence-corrected chi connectivity index (χ2v) is 6.26. The first-order valence-electron chi connectivity index (χ1n) is 7.46. The number of hydrogen-bond acceptors (Lipinski definition) is 5. The first kappa shape index (κ1) is 14.3. The van der Waals surface area contributed by atoms with Gasteiger partial charge < -0.3 is 9.64 Å². The van der Waals surface area contributed by atoms with E-state index in [-0.39, 0.29) is 12.0 Å². The second-order valence-electron chi connectivity index (χ2n) is 5.40. The average molecular weight is 325 g/mol. The Hall–Kier alpha value is -2.31. The maximum atomic E-state index is 12.9. The SMILES string of the molecule is O=C(c1cccc2ncsc12)N1CCOC(c2cccnc2)C1. The van der Waals surface area contributed by atoms with E-state index >= 15 is 0 Å². The van der Waals surface area contributed by atoms with Crippen molar-refractivity contribution in [3.8, 4) is 0 Å². The monoisotopic (exact) mass is 325 g/mol. The van der Waals surface area contributed by atoms with Crippen molar-refractivity contribution in [1.82, 2.24) is 14.9 Å². The molecular weight excluding hydrogens is 310 g/mol. The van der Waals surface area contributed by atoms with Crippen LogP contribution in [0, 0.1) is 0 Å². The van der Waals surface area contributed by atoms with Crippen LogP contribution in [0.1, 0.15) is 22.0 Å². The van der Waals surface area contributed by atoms with E-state index in [1.807, 2.05) is 35.2 Å². The second kappa shape index (κ2) is 6.06. The minimum absolute atomic E-state index is 0.0389. The van der Waals surface area contributed by atoms with Crippen LogP contribution in [0.5, 0.6) is 0 Å². The number of thiazole rings is 1. The number of ether oxygens (including phenoxy) is 1. The molecule has 1 aliphatic rings. The molecule has 1 saturated heterocycles. The molecule has 3 aromatic rings. The maximum Gasteiger partial charge on any atom is 0.255 e. The number of carbonyl (C=O) groups excluding carboxylic acids is 1. The Balaban J connectivity index is 1.60. The van der Waals surface area contributed by atoms with E-state index in [4.69, 9.17) is 4.74 Å². The number of aromatic nitrogens is 2. The number of hydrogen-bond donors (Lipinski definition) is 0. The lowest BCUT2D eigenvalue weighted by atomic mass is 10.1. The van der Waals surface area contributed by atoms with E-state index in [1.54, 1.807) is 17.9 Å². The van der Waals surface area contributed by atoms with Gasteiger partial charge in [-0.3, -0.25) is 9.78 Å². The van der Waals surface area contributed by atoms with Crippen molar-refractivity contribution < 1.29 is 9.53 Å². The van der Waals surface area contributed by atoms with Crippen LogP contribution in [0.4, 0.5) is 0 Å². The van der Waals surface area contributed by atoms with Crippen LogP contribution in [0.3, 0.4) is 0 Å². The number of carbonyl (C=O) groups is 1. The van der Waals surface area contributed by atoms with Gasteiger partial charge in [-0.25, -0.2) is 4.98 Å². The van der Waals surface area contributed by atoms with Crippen LogP contribution >= 0.6 is 11.3 Å². The lowest BCUT2D eigenvalue weighted by Crippen LogP contribution is -2.42. The van der Waals surface area contributed by atoms with Gasteiger partial charge in [-0.05, 0) is 18.2 Å². The Morgan fingerprint density at radius 3 is 3.13 bits per heavy atom. The summed E-state index contributed by atoms with van der Waals surface area (Å²) in [6.45, 7) is 1.68. The van der Waals surface area contributed by atoms with E-state index in [1.165, 1.54) is 11.3 Å². The van der Waals surface area contributed by atoms with Crippen molar-refractivity contribution in [2.45, 2.75) is 6.10 Å². The Bertz CT molecular complexity index is 834. The molecule has 116 valence electrons. The van der Waals surface area contributed by atoms with Gasteiger partial charge in [-0.15, -0.1) is 11.3 Å². The summed E-state index contributed by atoms with van der Waals surface area (Å²) >= 11 is 1.50. The van der Waals surface area contributed by atoms with E-state index in [0.29, 0.717) is 19.7 Å². The van der Waals surface area contributed by atoms with Gasteiger partial charge in [-0.1, -0.05) is 12.1 Å². The Labute approximate surface area is 137 Å². The molecule has 1 atom stereocenters. The summed E-state index contributed by atoms with van der Waals surface area (Å²) in [5.41, 5.74) is 4.37. The smallest absolute Gasteiger partial charge is 0.255 e. The number of benzene rings is 1. The molecule has 1 unspecified atom stereocenters. The molecule has 0 aliphatic carbocycles. The molecule has 0 bridgehead atoms. The molecule has 0 saturated carbocycles. The highest BCUT2D eigenvalue weighted by atomic mass is 32.1. The summed E-state index contributed by atoms with van der Waals surface area (Å²) in [7, 11) is 0. The normalized spacial score (nSPS) is 18.3. The van der Waals surface area contributed by atoms with Gasteiger partial charge in [0.1, 0.15) is 6.10 Å². The highest BCUT2D eigenvalue weighted by Gasteiger charge is 2.27.